The Hall–Kier alpha value is -1.17. The van der Waals surface area contributed by atoms with E-state index in [1.54, 1.807) is 0 Å². The molecule has 106 valence electrons. The predicted octanol–water partition coefficient (Wildman–Crippen LogP) is 3.11. The van der Waals surface area contributed by atoms with Crippen molar-refractivity contribution in [2.45, 2.75) is 57.9 Å². The van der Waals surface area contributed by atoms with E-state index >= 15 is 0 Å². The SMILES string of the molecule is CC(C)C[C@@H](Nc1nc(C2CCCC2)ns1)C(=O)O. The zero-order chi connectivity index (χ0) is 13.8. The van der Waals surface area contributed by atoms with E-state index in [9.17, 15) is 9.90 Å². The van der Waals surface area contributed by atoms with E-state index in [2.05, 4.69) is 14.7 Å². The average Bonchev–Trinajstić information content (AvgIpc) is 2.97. The van der Waals surface area contributed by atoms with Crippen molar-refractivity contribution in [3.63, 3.8) is 0 Å². The van der Waals surface area contributed by atoms with E-state index in [0.29, 0.717) is 23.4 Å². The Morgan fingerprint density at radius 2 is 2.16 bits per heavy atom. The molecular formula is C13H21N3O2S. The maximum absolute atomic E-state index is 11.2. The van der Waals surface area contributed by atoms with Crippen LogP contribution in [0.25, 0.3) is 0 Å². The van der Waals surface area contributed by atoms with Gasteiger partial charge < -0.3 is 10.4 Å². The lowest BCUT2D eigenvalue weighted by Crippen LogP contribution is -2.30. The number of carbonyl (C=O) groups is 1. The zero-order valence-corrected chi connectivity index (χ0v) is 12.2. The highest BCUT2D eigenvalue weighted by molar-refractivity contribution is 7.09. The third-order valence-electron chi connectivity index (χ3n) is 3.46. The predicted molar refractivity (Wildman–Crippen MR) is 75.6 cm³/mol. The van der Waals surface area contributed by atoms with Crippen LogP contribution in [0.3, 0.4) is 0 Å². The third-order valence-corrected chi connectivity index (χ3v) is 4.13. The number of nitrogens with one attached hydrogen (secondary N) is 1. The summed E-state index contributed by atoms with van der Waals surface area (Å²) in [6, 6.07) is -0.579. The number of carboxylic acid groups (broad SMARTS) is 1. The Labute approximate surface area is 117 Å². The van der Waals surface area contributed by atoms with Crippen LogP contribution in [-0.2, 0) is 4.79 Å². The molecule has 0 unspecified atom stereocenters. The van der Waals surface area contributed by atoms with Gasteiger partial charge >= 0.3 is 5.97 Å². The quantitative estimate of drug-likeness (QED) is 0.839. The van der Waals surface area contributed by atoms with Crippen molar-refractivity contribution in [2.24, 2.45) is 5.92 Å². The summed E-state index contributed by atoms with van der Waals surface area (Å²) in [6.45, 7) is 4.03. The molecule has 0 spiro atoms. The minimum Gasteiger partial charge on any atom is -0.480 e. The average molecular weight is 283 g/mol. The number of aromatic nitrogens is 2. The highest BCUT2D eigenvalue weighted by Crippen LogP contribution is 2.33. The van der Waals surface area contributed by atoms with Crippen LogP contribution in [0.2, 0.25) is 0 Å². The first-order valence-electron chi connectivity index (χ1n) is 6.89. The second-order valence-corrected chi connectivity index (χ2v) is 6.36. The molecule has 1 aliphatic carbocycles. The Bertz CT molecular complexity index is 427. The van der Waals surface area contributed by atoms with Crippen LogP contribution < -0.4 is 5.32 Å². The van der Waals surface area contributed by atoms with Crippen LogP contribution in [0.5, 0.6) is 0 Å². The van der Waals surface area contributed by atoms with Gasteiger partial charge in [0.2, 0.25) is 5.13 Å². The fourth-order valence-electron chi connectivity index (χ4n) is 2.49. The van der Waals surface area contributed by atoms with Gasteiger partial charge in [0.1, 0.15) is 11.9 Å². The summed E-state index contributed by atoms with van der Waals surface area (Å²) < 4.78 is 4.36. The van der Waals surface area contributed by atoms with E-state index in [-0.39, 0.29) is 0 Å². The van der Waals surface area contributed by atoms with Gasteiger partial charge in [-0.15, -0.1) is 0 Å². The normalized spacial score (nSPS) is 17.8. The zero-order valence-electron chi connectivity index (χ0n) is 11.4. The molecule has 1 aromatic rings. The molecule has 19 heavy (non-hydrogen) atoms. The summed E-state index contributed by atoms with van der Waals surface area (Å²) in [4.78, 5) is 15.7. The molecule has 1 fully saturated rings. The second kappa shape index (κ2) is 6.32. The Balaban J connectivity index is 1.99. The molecule has 0 saturated heterocycles. The minimum absolute atomic E-state index is 0.329. The smallest absolute Gasteiger partial charge is 0.326 e. The molecule has 0 radical (unpaired) electrons. The van der Waals surface area contributed by atoms with Gasteiger partial charge in [0.15, 0.2) is 0 Å². The number of anilines is 1. The number of carboxylic acids is 1. The van der Waals surface area contributed by atoms with Gasteiger partial charge in [0, 0.05) is 17.5 Å². The van der Waals surface area contributed by atoms with Gasteiger partial charge in [-0.05, 0) is 25.2 Å². The molecule has 1 heterocycles. The van der Waals surface area contributed by atoms with Crippen LogP contribution in [-0.4, -0.2) is 26.5 Å². The van der Waals surface area contributed by atoms with Crippen molar-refractivity contribution in [1.82, 2.24) is 9.36 Å². The topological polar surface area (TPSA) is 75.1 Å². The van der Waals surface area contributed by atoms with Gasteiger partial charge in [-0.1, -0.05) is 26.7 Å². The van der Waals surface area contributed by atoms with Gasteiger partial charge in [-0.2, -0.15) is 4.37 Å². The molecule has 0 aliphatic heterocycles. The van der Waals surface area contributed by atoms with Crippen molar-refractivity contribution >= 4 is 22.6 Å². The summed E-state index contributed by atoms with van der Waals surface area (Å²) in [5.41, 5.74) is 0. The molecule has 2 N–H and O–H groups in total. The summed E-state index contributed by atoms with van der Waals surface area (Å²) in [6.07, 6.45) is 5.40. The maximum atomic E-state index is 11.2. The van der Waals surface area contributed by atoms with Gasteiger partial charge in [-0.25, -0.2) is 9.78 Å². The Morgan fingerprint density at radius 3 is 2.74 bits per heavy atom. The van der Waals surface area contributed by atoms with Crippen molar-refractivity contribution in [2.75, 3.05) is 5.32 Å². The van der Waals surface area contributed by atoms with Crippen molar-refractivity contribution < 1.29 is 9.90 Å². The lowest BCUT2D eigenvalue weighted by molar-refractivity contribution is -0.138. The summed E-state index contributed by atoms with van der Waals surface area (Å²) >= 11 is 1.27. The molecule has 0 amide bonds. The van der Waals surface area contributed by atoms with Gasteiger partial charge in [-0.3, -0.25) is 0 Å². The molecule has 1 saturated carbocycles. The van der Waals surface area contributed by atoms with E-state index in [1.807, 2.05) is 13.8 Å². The minimum atomic E-state index is -0.827. The van der Waals surface area contributed by atoms with E-state index in [0.717, 1.165) is 18.7 Å². The molecule has 0 aromatic carbocycles. The molecule has 2 rings (SSSR count). The monoisotopic (exact) mass is 283 g/mol. The second-order valence-electron chi connectivity index (χ2n) is 5.60. The van der Waals surface area contributed by atoms with E-state index in [1.165, 1.54) is 24.4 Å². The molecule has 6 heteroatoms. The first-order valence-corrected chi connectivity index (χ1v) is 7.66. The fraction of sp³-hybridized carbons (Fsp3) is 0.769. The van der Waals surface area contributed by atoms with Crippen molar-refractivity contribution in [1.29, 1.82) is 0 Å². The molecule has 1 atom stereocenters. The molecule has 5 nitrogen and oxygen atoms in total. The van der Waals surface area contributed by atoms with Crippen LogP contribution in [0.1, 0.15) is 57.7 Å². The highest BCUT2D eigenvalue weighted by atomic mass is 32.1. The first kappa shape index (κ1) is 14.2. The van der Waals surface area contributed by atoms with E-state index in [4.69, 9.17) is 0 Å². The van der Waals surface area contributed by atoms with E-state index < -0.39 is 12.0 Å². The van der Waals surface area contributed by atoms with Gasteiger partial charge in [0.25, 0.3) is 0 Å². The lowest BCUT2D eigenvalue weighted by atomic mass is 10.0. The molecule has 1 aliphatic rings. The van der Waals surface area contributed by atoms with Crippen LogP contribution in [0, 0.1) is 5.92 Å². The molecule has 1 aromatic heterocycles. The fourth-order valence-corrected chi connectivity index (χ4v) is 3.18. The molecule has 0 bridgehead atoms. The highest BCUT2D eigenvalue weighted by Gasteiger charge is 2.24. The largest absolute Gasteiger partial charge is 0.480 e. The van der Waals surface area contributed by atoms with Crippen LogP contribution in [0.15, 0.2) is 0 Å². The van der Waals surface area contributed by atoms with Crippen LogP contribution in [0.4, 0.5) is 5.13 Å². The number of nitrogens with zero attached hydrogens (tertiary/aromatic N) is 2. The Morgan fingerprint density at radius 1 is 1.47 bits per heavy atom. The summed E-state index contributed by atoms with van der Waals surface area (Å²) in [7, 11) is 0. The summed E-state index contributed by atoms with van der Waals surface area (Å²) in [5, 5.41) is 12.8. The van der Waals surface area contributed by atoms with Crippen molar-refractivity contribution in [3.05, 3.63) is 5.82 Å². The number of aliphatic carboxylic acids is 1. The van der Waals surface area contributed by atoms with Crippen molar-refractivity contribution in [3.8, 4) is 0 Å². The first-order chi connectivity index (χ1) is 9.06. The third kappa shape index (κ3) is 3.89. The lowest BCUT2D eigenvalue weighted by Gasteiger charge is -2.15. The standard InChI is InChI=1S/C13H21N3O2S/c1-8(2)7-10(12(17)18)14-13-15-11(16-19-13)9-5-3-4-6-9/h8-10H,3-7H2,1-2H3,(H,17,18)(H,14,15,16)/t10-/m1/s1. The number of rotatable bonds is 6. The van der Waals surface area contributed by atoms with Gasteiger partial charge in [0.05, 0.1) is 0 Å². The number of hydrogen-bond donors (Lipinski definition) is 2. The maximum Gasteiger partial charge on any atom is 0.326 e. The Kier molecular flexibility index (Phi) is 4.74. The summed E-state index contributed by atoms with van der Waals surface area (Å²) in [5.74, 6) is 0.862. The number of hydrogen-bond acceptors (Lipinski definition) is 5. The van der Waals surface area contributed by atoms with Crippen LogP contribution >= 0.6 is 11.5 Å². The molecular weight excluding hydrogens is 262 g/mol.